The molecule has 31 heavy (non-hydrogen) atoms. The lowest BCUT2D eigenvalue weighted by Gasteiger charge is -2.17. The molecule has 0 unspecified atom stereocenters. The molecule has 1 heteroatoms. The van der Waals surface area contributed by atoms with Crippen LogP contribution in [0.1, 0.15) is 25.1 Å². The Bertz CT molecular complexity index is 1430. The molecule has 1 aromatic heterocycles. The molecule has 0 atom stereocenters. The van der Waals surface area contributed by atoms with Gasteiger partial charge in [-0.1, -0.05) is 72.8 Å². The maximum absolute atomic E-state index is 2.48. The summed E-state index contributed by atoms with van der Waals surface area (Å²) in [7, 11) is 0. The molecule has 4 aromatic carbocycles. The van der Waals surface area contributed by atoms with Crippen molar-refractivity contribution in [3.05, 3.63) is 120 Å². The van der Waals surface area contributed by atoms with Crippen LogP contribution in [0.4, 0.5) is 0 Å². The zero-order valence-electron chi connectivity index (χ0n) is 17.8. The van der Waals surface area contributed by atoms with Crippen molar-refractivity contribution >= 4 is 10.8 Å². The average molecular weight is 399 g/mol. The number of fused-ring (bicyclic) bond motifs is 5. The molecule has 6 rings (SSSR count). The van der Waals surface area contributed by atoms with Crippen LogP contribution in [0.25, 0.3) is 38.8 Å². The van der Waals surface area contributed by atoms with E-state index in [1.165, 1.54) is 50.1 Å². The second kappa shape index (κ2) is 6.65. The Kier molecular flexibility index (Phi) is 3.88. The maximum atomic E-state index is 2.48. The van der Waals surface area contributed by atoms with Crippen LogP contribution in [0.5, 0.6) is 0 Å². The Hall–Kier alpha value is -3.71. The molecule has 0 aliphatic carbocycles. The molecule has 0 saturated carbocycles. The Balaban J connectivity index is 1.73. The third-order valence-corrected chi connectivity index (χ3v) is 6.66. The van der Waals surface area contributed by atoms with Crippen molar-refractivity contribution in [2.24, 2.45) is 0 Å². The zero-order valence-corrected chi connectivity index (χ0v) is 17.8. The second-order valence-corrected chi connectivity index (χ2v) is 8.89. The molecule has 1 aliphatic rings. The fraction of sp³-hybridized carbons (Fsp3) is 0.100. The Labute approximate surface area is 183 Å². The zero-order chi connectivity index (χ0) is 21.0. The Morgan fingerprint density at radius 1 is 0.581 bits per heavy atom. The number of nitrogens with zero attached hydrogens (tertiary/aromatic N) is 1. The normalized spacial score (nSPS) is 13.7. The van der Waals surface area contributed by atoms with E-state index >= 15 is 0 Å². The van der Waals surface area contributed by atoms with E-state index in [9.17, 15) is 0 Å². The van der Waals surface area contributed by atoms with Crippen LogP contribution in [-0.2, 0) is 5.41 Å². The van der Waals surface area contributed by atoms with Gasteiger partial charge in [-0.25, -0.2) is 0 Å². The van der Waals surface area contributed by atoms with Gasteiger partial charge in [0.15, 0.2) is 5.69 Å². The summed E-state index contributed by atoms with van der Waals surface area (Å²) in [4.78, 5) is 0. The van der Waals surface area contributed by atoms with Crippen LogP contribution in [0.2, 0.25) is 0 Å². The van der Waals surface area contributed by atoms with Gasteiger partial charge < -0.3 is 0 Å². The van der Waals surface area contributed by atoms with Gasteiger partial charge in [0, 0.05) is 29.3 Å². The van der Waals surface area contributed by atoms with Crippen molar-refractivity contribution in [2.45, 2.75) is 19.3 Å². The van der Waals surface area contributed by atoms with Gasteiger partial charge in [0.05, 0.1) is 5.41 Å². The van der Waals surface area contributed by atoms with E-state index in [2.05, 4.69) is 128 Å². The number of benzene rings is 4. The summed E-state index contributed by atoms with van der Waals surface area (Å²) >= 11 is 0. The lowest BCUT2D eigenvalue weighted by Crippen LogP contribution is -2.37. The molecule has 0 fully saturated rings. The average Bonchev–Trinajstić information content (AvgIpc) is 3.07. The summed E-state index contributed by atoms with van der Waals surface area (Å²) in [5.41, 5.74) is 8.90. The van der Waals surface area contributed by atoms with Gasteiger partial charge in [0.2, 0.25) is 11.4 Å². The first-order valence-corrected chi connectivity index (χ1v) is 10.9. The number of hydrogen-bond donors (Lipinski definition) is 0. The van der Waals surface area contributed by atoms with E-state index < -0.39 is 0 Å². The van der Waals surface area contributed by atoms with Gasteiger partial charge in [0.25, 0.3) is 0 Å². The van der Waals surface area contributed by atoms with Gasteiger partial charge in [-0.2, -0.15) is 4.57 Å². The Morgan fingerprint density at radius 2 is 1.23 bits per heavy atom. The van der Waals surface area contributed by atoms with Crippen LogP contribution in [-0.4, -0.2) is 0 Å². The summed E-state index contributed by atoms with van der Waals surface area (Å²) in [6.45, 7) is 4.72. The van der Waals surface area contributed by atoms with Crippen molar-refractivity contribution in [3.8, 4) is 28.1 Å². The fourth-order valence-electron chi connectivity index (χ4n) is 5.16. The quantitative estimate of drug-likeness (QED) is 0.279. The first-order valence-electron chi connectivity index (χ1n) is 10.9. The van der Waals surface area contributed by atoms with Crippen molar-refractivity contribution in [1.82, 2.24) is 0 Å². The first kappa shape index (κ1) is 18.1. The minimum atomic E-state index is -0.107. The smallest absolute Gasteiger partial charge is 0.156 e. The summed E-state index contributed by atoms with van der Waals surface area (Å²) in [6, 6.07) is 39.5. The topological polar surface area (TPSA) is 3.88 Å². The lowest BCUT2D eigenvalue weighted by molar-refractivity contribution is -0.588. The minimum Gasteiger partial charge on any atom is -0.156 e. The summed E-state index contributed by atoms with van der Waals surface area (Å²) in [6.07, 6.45) is 0. The van der Waals surface area contributed by atoms with Gasteiger partial charge >= 0.3 is 0 Å². The summed E-state index contributed by atoms with van der Waals surface area (Å²) < 4.78 is 2.48. The number of hydrogen-bond acceptors (Lipinski definition) is 0. The SMILES string of the molecule is CC1(C)c2c(ccc3ccccc23)-[n+]2c(-c3ccccc3)cc(-c3ccccc3)cc21. The molecule has 0 N–H and O–H groups in total. The van der Waals surface area contributed by atoms with Gasteiger partial charge in [0.1, 0.15) is 0 Å². The van der Waals surface area contributed by atoms with E-state index in [1.54, 1.807) is 0 Å². The molecule has 0 radical (unpaired) electrons. The summed E-state index contributed by atoms with van der Waals surface area (Å²) in [5, 5.41) is 2.64. The second-order valence-electron chi connectivity index (χ2n) is 8.89. The van der Waals surface area contributed by atoms with Crippen molar-refractivity contribution in [3.63, 3.8) is 0 Å². The van der Waals surface area contributed by atoms with Crippen molar-refractivity contribution in [1.29, 1.82) is 0 Å². The molecule has 0 bridgehead atoms. The van der Waals surface area contributed by atoms with E-state index in [-0.39, 0.29) is 5.41 Å². The van der Waals surface area contributed by atoms with E-state index in [4.69, 9.17) is 0 Å². The standard InChI is InChI=1S/C30H24N/c1-30(2)28-20-24(21-11-5-3-6-12-21)19-27(23-14-7-4-8-15-23)31(28)26-18-17-22-13-9-10-16-25(22)29(26)30/h3-20H,1-2H3/q+1. The fourth-order valence-corrected chi connectivity index (χ4v) is 5.16. The molecular formula is C30H24N+. The third-order valence-electron chi connectivity index (χ3n) is 6.66. The number of pyridine rings is 1. The predicted octanol–water partition coefficient (Wildman–Crippen LogP) is 7.09. The van der Waals surface area contributed by atoms with Gasteiger partial charge in [-0.15, -0.1) is 0 Å². The van der Waals surface area contributed by atoms with Crippen LogP contribution < -0.4 is 4.57 Å². The monoisotopic (exact) mass is 398 g/mol. The highest BCUT2D eigenvalue weighted by atomic mass is 15.0. The third kappa shape index (κ3) is 2.67. The van der Waals surface area contributed by atoms with E-state index in [0.717, 1.165) is 0 Å². The molecule has 1 aliphatic heterocycles. The first-order chi connectivity index (χ1) is 15.1. The molecule has 0 spiro atoms. The predicted molar refractivity (Wildman–Crippen MR) is 128 cm³/mol. The maximum Gasteiger partial charge on any atom is 0.219 e. The van der Waals surface area contributed by atoms with Crippen LogP contribution in [0, 0.1) is 0 Å². The molecule has 1 nitrogen and oxygen atoms in total. The number of rotatable bonds is 2. The molecule has 5 aromatic rings. The Morgan fingerprint density at radius 3 is 1.97 bits per heavy atom. The highest BCUT2D eigenvalue weighted by molar-refractivity contribution is 5.90. The largest absolute Gasteiger partial charge is 0.219 e. The van der Waals surface area contributed by atoms with E-state index in [0.29, 0.717) is 0 Å². The van der Waals surface area contributed by atoms with Crippen LogP contribution in [0.15, 0.2) is 109 Å². The van der Waals surface area contributed by atoms with Crippen molar-refractivity contribution in [2.75, 3.05) is 0 Å². The highest BCUT2D eigenvalue weighted by Crippen LogP contribution is 2.44. The highest BCUT2D eigenvalue weighted by Gasteiger charge is 2.46. The minimum absolute atomic E-state index is 0.107. The van der Waals surface area contributed by atoms with Crippen LogP contribution >= 0.6 is 0 Å². The molecule has 0 saturated heterocycles. The van der Waals surface area contributed by atoms with Gasteiger partial charge in [-0.3, -0.25) is 0 Å². The molecule has 148 valence electrons. The lowest BCUT2D eigenvalue weighted by atomic mass is 9.80. The van der Waals surface area contributed by atoms with E-state index in [1.807, 2.05) is 0 Å². The van der Waals surface area contributed by atoms with Crippen LogP contribution in [0.3, 0.4) is 0 Å². The van der Waals surface area contributed by atoms with Gasteiger partial charge in [-0.05, 0) is 53.9 Å². The molecule has 0 amide bonds. The summed E-state index contributed by atoms with van der Waals surface area (Å²) in [5.74, 6) is 0. The number of aromatic nitrogens is 1. The molecular weight excluding hydrogens is 374 g/mol. The molecule has 2 heterocycles. The van der Waals surface area contributed by atoms with Crippen molar-refractivity contribution < 1.29 is 4.57 Å².